The van der Waals surface area contributed by atoms with Crippen LogP contribution in [0, 0.1) is 5.92 Å². The van der Waals surface area contributed by atoms with Crippen molar-refractivity contribution in [1.82, 2.24) is 10.3 Å². The van der Waals surface area contributed by atoms with Crippen LogP contribution in [0.5, 0.6) is 0 Å². The summed E-state index contributed by atoms with van der Waals surface area (Å²) in [7, 11) is 1.76. The van der Waals surface area contributed by atoms with E-state index in [1.54, 1.807) is 25.4 Å². The van der Waals surface area contributed by atoms with E-state index < -0.39 is 0 Å². The van der Waals surface area contributed by atoms with Crippen molar-refractivity contribution in [2.45, 2.75) is 19.4 Å². The van der Waals surface area contributed by atoms with Crippen LogP contribution in [0.4, 0.5) is 5.82 Å². The minimum atomic E-state index is -0.129. The molecule has 0 radical (unpaired) electrons. The smallest absolute Gasteiger partial charge is 0.253 e. The lowest BCUT2D eigenvalue weighted by Crippen LogP contribution is -2.44. The van der Waals surface area contributed by atoms with Gasteiger partial charge in [0.25, 0.3) is 5.91 Å². The number of aromatic nitrogens is 1. The zero-order valence-corrected chi connectivity index (χ0v) is 12.7. The van der Waals surface area contributed by atoms with Crippen molar-refractivity contribution in [3.8, 4) is 0 Å². The number of methoxy groups -OCH3 is 1. The zero-order chi connectivity index (χ0) is 15.2. The van der Waals surface area contributed by atoms with Gasteiger partial charge < -0.3 is 15.0 Å². The molecule has 1 amide bonds. The summed E-state index contributed by atoms with van der Waals surface area (Å²) in [4.78, 5) is 18.4. The molecule has 1 N–H and O–H groups in total. The van der Waals surface area contributed by atoms with Gasteiger partial charge in [0.15, 0.2) is 0 Å². The van der Waals surface area contributed by atoms with Gasteiger partial charge in [0.2, 0.25) is 0 Å². The van der Waals surface area contributed by atoms with Crippen molar-refractivity contribution in [3.63, 3.8) is 0 Å². The number of hydrogen-bond acceptors (Lipinski definition) is 4. The fourth-order valence-corrected chi connectivity index (χ4v) is 2.52. The van der Waals surface area contributed by atoms with Crippen LogP contribution in [0.3, 0.4) is 0 Å². The number of piperidine rings is 1. The fourth-order valence-electron chi connectivity index (χ4n) is 2.52. The van der Waals surface area contributed by atoms with Crippen molar-refractivity contribution in [2.75, 3.05) is 31.6 Å². The highest BCUT2D eigenvalue weighted by Gasteiger charge is 2.26. The largest absolute Gasteiger partial charge is 0.379 e. The summed E-state index contributed by atoms with van der Waals surface area (Å²) in [5, 5.41) is 2.74. The average molecular weight is 289 g/mol. The molecule has 1 aromatic rings. The predicted molar refractivity (Wildman–Crippen MR) is 83.6 cm³/mol. The van der Waals surface area contributed by atoms with E-state index >= 15 is 0 Å². The van der Waals surface area contributed by atoms with Crippen LogP contribution < -0.4 is 10.2 Å². The van der Waals surface area contributed by atoms with Crippen LogP contribution >= 0.6 is 0 Å². The van der Waals surface area contributed by atoms with Crippen molar-refractivity contribution < 1.29 is 9.53 Å². The van der Waals surface area contributed by atoms with E-state index in [2.05, 4.69) is 28.7 Å². The SMILES string of the molecule is C=CCNC(=O)c1ccc(N2CCC(C)C(OC)C2)nc1. The summed E-state index contributed by atoms with van der Waals surface area (Å²) < 4.78 is 5.52. The van der Waals surface area contributed by atoms with Crippen LogP contribution in [0.1, 0.15) is 23.7 Å². The molecule has 1 aliphatic rings. The van der Waals surface area contributed by atoms with Crippen LogP contribution in [-0.4, -0.2) is 43.7 Å². The highest BCUT2D eigenvalue weighted by molar-refractivity contribution is 5.94. The van der Waals surface area contributed by atoms with Gasteiger partial charge in [-0.3, -0.25) is 4.79 Å². The highest BCUT2D eigenvalue weighted by Crippen LogP contribution is 2.23. The van der Waals surface area contributed by atoms with Gasteiger partial charge >= 0.3 is 0 Å². The molecule has 0 bridgehead atoms. The molecule has 1 fully saturated rings. The Bertz CT molecular complexity index is 487. The Morgan fingerprint density at radius 3 is 3.05 bits per heavy atom. The number of carbonyl (C=O) groups excluding carboxylic acids is 1. The van der Waals surface area contributed by atoms with Gasteiger partial charge in [0.1, 0.15) is 5.82 Å². The van der Waals surface area contributed by atoms with Crippen LogP contribution in [-0.2, 0) is 4.74 Å². The first kappa shape index (κ1) is 15.5. The Kier molecular flexibility index (Phi) is 5.33. The molecule has 21 heavy (non-hydrogen) atoms. The second-order valence-corrected chi connectivity index (χ2v) is 5.39. The molecule has 2 heterocycles. The second-order valence-electron chi connectivity index (χ2n) is 5.39. The van der Waals surface area contributed by atoms with Gasteiger partial charge in [-0.25, -0.2) is 4.98 Å². The Labute approximate surface area is 126 Å². The molecule has 114 valence electrons. The number of rotatable bonds is 5. The van der Waals surface area contributed by atoms with E-state index in [4.69, 9.17) is 4.74 Å². The molecular formula is C16H23N3O2. The van der Waals surface area contributed by atoms with Gasteiger partial charge in [-0.05, 0) is 24.5 Å². The number of pyridine rings is 1. The molecule has 1 aliphatic heterocycles. The molecule has 2 rings (SSSR count). The summed E-state index contributed by atoms with van der Waals surface area (Å²) >= 11 is 0. The monoisotopic (exact) mass is 289 g/mol. The van der Waals surface area contributed by atoms with Crippen molar-refractivity contribution in [3.05, 3.63) is 36.5 Å². The van der Waals surface area contributed by atoms with E-state index in [0.717, 1.165) is 25.3 Å². The fraction of sp³-hybridized carbons (Fsp3) is 0.500. The maximum atomic E-state index is 11.8. The van der Waals surface area contributed by atoms with E-state index in [0.29, 0.717) is 18.0 Å². The van der Waals surface area contributed by atoms with E-state index in [1.165, 1.54) is 0 Å². The number of carbonyl (C=O) groups is 1. The normalized spacial score (nSPS) is 21.9. The maximum Gasteiger partial charge on any atom is 0.253 e. The lowest BCUT2D eigenvalue weighted by Gasteiger charge is -2.36. The summed E-state index contributed by atoms with van der Waals surface area (Å²) in [6.07, 6.45) is 4.59. The zero-order valence-electron chi connectivity index (χ0n) is 12.7. The topological polar surface area (TPSA) is 54.5 Å². The van der Waals surface area contributed by atoms with Crippen LogP contribution in [0.2, 0.25) is 0 Å². The number of nitrogens with one attached hydrogen (secondary N) is 1. The Morgan fingerprint density at radius 1 is 1.62 bits per heavy atom. The third-order valence-corrected chi connectivity index (χ3v) is 3.93. The molecule has 5 nitrogen and oxygen atoms in total. The standard InChI is InChI=1S/C16H23N3O2/c1-4-8-17-16(20)13-5-6-15(18-10-13)19-9-7-12(2)14(11-19)21-3/h4-6,10,12,14H,1,7-9,11H2,2-3H3,(H,17,20). The van der Waals surface area contributed by atoms with Gasteiger partial charge in [-0.1, -0.05) is 13.0 Å². The minimum absolute atomic E-state index is 0.129. The number of amides is 1. The molecule has 0 aromatic carbocycles. The maximum absolute atomic E-state index is 11.8. The second kappa shape index (κ2) is 7.22. The molecule has 0 aliphatic carbocycles. The van der Waals surface area contributed by atoms with E-state index in [9.17, 15) is 4.79 Å². The number of ether oxygens (including phenoxy) is 1. The van der Waals surface area contributed by atoms with Crippen molar-refractivity contribution >= 4 is 11.7 Å². The van der Waals surface area contributed by atoms with Crippen molar-refractivity contribution in [2.24, 2.45) is 5.92 Å². The third kappa shape index (κ3) is 3.82. The Morgan fingerprint density at radius 2 is 2.43 bits per heavy atom. The first-order valence-corrected chi connectivity index (χ1v) is 7.28. The average Bonchev–Trinajstić information content (AvgIpc) is 2.53. The summed E-state index contributed by atoms with van der Waals surface area (Å²) in [6, 6.07) is 3.70. The first-order chi connectivity index (χ1) is 10.2. The van der Waals surface area contributed by atoms with Gasteiger partial charge in [-0.15, -0.1) is 6.58 Å². The van der Waals surface area contributed by atoms with Crippen molar-refractivity contribution in [1.29, 1.82) is 0 Å². The number of hydrogen-bond donors (Lipinski definition) is 1. The molecule has 2 unspecified atom stereocenters. The van der Waals surface area contributed by atoms with Gasteiger partial charge in [0.05, 0.1) is 11.7 Å². The Balaban J connectivity index is 2.02. The molecule has 0 saturated carbocycles. The summed E-state index contributed by atoms with van der Waals surface area (Å²) in [6.45, 7) is 8.05. The predicted octanol–water partition coefficient (Wildman–Crippen LogP) is 1.86. The summed E-state index contributed by atoms with van der Waals surface area (Å²) in [5.41, 5.74) is 0.564. The van der Waals surface area contributed by atoms with Gasteiger partial charge in [0, 0.05) is 32.9 Å². The Hall–Kier alpha value is -1.88. The molecule has 1 saturated heterocycles. The lowest BCUT2D eigenvalue weighted by molar-refractivity contribution is 0.0496. The van der Waals surface area contributed by atoms with E-state index in [1.807, 2.05) is 6.07 Å². The minimum Gasteiger partial charge on any atom is -0.379 e. The molecule has 2 atom stereocenters. The number of anilines is 1. The molecule has 1 aromatic heterocycles. The molecule has 5 heteroatoms. The first-order valence-electron chi connectivity index (χ1n) is 7.28. The van der Waals surface area contributed by atoms with E-state index in [-0.39, 0.29) is 12.0 Å². The number of nitrogens with zero attached hydrogens (tertiary/aromatic N) is 2. The van der Waals surface area contributed by atoms with Crippen LogP contribution in [0.25, 0.3) is 0 Å². The van der Waals surface area contributed by atoms with Crippen LogP contribution in [0.15, 0.2) is 31.0 Å². The molecule has 0 spiro atoms. The quantitative estimate of drug-likeness (QED) is 0.841. The third-order valence-electron chi connectivity index (χ3n) is 3.93. The lowest BCUT2D eigenvalue weighted by atomic mass is 9.96. The highest BCUT2D eigenvalue weighted by atomic mass is 16.5. The molecular weight excluding hydrogens is 266 g/mol. The van der Waals surface area contributed by atoms with Gasteiger partial charge in [-0.2, -0.15) is 0 Å². The summed E-state index contributed by atoms with van der Waals surface area (Å²) in [5.74, 6) is 1.33.